The van der Waals surface area contributed by atoms with E-state index in [4.69, 9.17) is 9.47 Å². The molecule has 2 aromatic carbocycles. The lowest BCUT2D eigenvalue weighted by molar-refractivity contribution is -0.108. The summed E-state index contributed by atoms with van der Waals surface area (Å²) in [6, 6.07) is 12.7. The van der Waals surface area contributed by atoms with Gasteiger partial charge in [-0.2, -0.15) is 18.6 Å². The van der Waals surface area contributed by atoms with E-state index in [-0.39, 0.29) is 12.0 Å². The van der Waals surface area contributed by atoms with Crippen LogP contribution in [0.25, 0.3) is 0 Å². The van der Waals surface area contributed by atoms with Crippen molar-refractivity contribution in [2.45, 2.75) is 25.0 Å². The first-order chi connectivity index (χ1) is 13.3. The molecule has 0 aliphatic carbocycles. The van der Waals surface area contributed by atoms with Crippen molar-refractivity contribution < 1.29 is 21.8 Å². The monoisotopic (exact) mass is 409 g/mol. The summed E-state index contributed by atoms with van der Waals surface area (Å²) in [5.74, 6) is 0. The van der Waals surface area contributed by atoms with E-state index in [2.05, 4.69) is 22.1 Å². The maximum atomic E-state index is 13.1. The van der Waals surface area contributed by atoms with Crippen molar-refractivity contribution in [3.8, 4) is 0 Å². The van der Waals surface area contributed by atoms with Crippen molar-refractivity contribution in [3.05, 3.63) is 48.5 Å². The number of azo groups is 1. The van der Waals surface area contributed by atoms with Crippen molar-refractivity contribution >= 4 is 27.3 Å². The van der Waals surface area contributed by atoms with Crippen LogP contribution in [-0.4, -0.2) is 41.5 Å². The second-order valence-corrected chi connectivity index (χ2v) is 7.25. The Kier molecular flexibility index (Phi) is 8.04. The molecule has 0 radical (unpaired) electrons. The number of hydrogen-bond acceptors (Lipinski definition) is 7. The predicted octanol–water partition coefficient (Wildman–Crippen LogP) is 4.60. The normalized spacial score (nSPS) is 13.0. The van der Waals surface area contributed by atoms with Crippen LogP contribution in [0, 0.1) is 0 Å². The highest BCUT2D eigenvalue weighted by Gasteiger charge is 2.11. The number of methoxy groups -OCH3 is 1. The Morgan fingerprint density at radius 2 is 1.79 bits per heavy atom. The Labute approximate surface area is 165 Å². The van der Waals surface area contributed by atoms with Crippen LogP contribution in [0.2, 0.25) is 0 Å². The third-order valence-corrected chi connectivity index (χ3v) is 4.84. The number of halogens is 1. The second kappa shape index (κ2) is 10.3. The van der Waals surface area contributed by atoms with Crippen molar-refractivity contribution in [1.29, 1.82) is 0 Å². The molecule has 0 aromatic heterocycles. The van der Waals surface area contributed by atoms with Gasteiger partial charge in [0.2, 0.25) is 0 Å². The van der Waals surface area contributed by atoms with Gasteiger partial charge < -0.3 is 14.4 Å². The quantitative estimate of drug-likeness (QED) is 0.326. The van der Waals surface area contributed by atoms with Gasteiger partial charge in [-0.1, -0.05) is 6.07 Å². The fourth-order valence-electron chi connectivity index (χ4n) is 2.41. The van der Waals surface area contributed by atoms with Gasteiger partial charge in [-0.25, -0.2) is 0 Å². The van der Waals surface area contributed by atoms with E-state index in [0.717, 1.165) is 24.8 Å². The Bertz CT molecular complexity index is 888. The van der Waals surface area contributed by atoms with Crippen LogP contribution in [0.5, 0.6) is 0 Å². The van der Waals surface area contributed by atoms with E-state index in [1.807, 2.05) is 19.1 Å². The average Bonchev–Trinajstić information content (AvgIpc) is 2.69. The van der Waals surface area contributed by atoms with Gasteiger partial charge in [-0.05, 0) is 56.3 Å². The van der Waals surface area contributed by atoms with Crippen molar-refractivity contribution in [2.24, 2.45) is 10.2 Å². The maximum absolute atomic E-state index is 13.1. The Morgan fingerprint density at radius 1 is 1.11 bits per heavy atom. The zero-order valence-corrected chi connectivity index (χ0v) is 16.9. The van der Waals surface area contributed by atoms with Crippen LogP contribution in [-0.2, 0) is 19.7 Å². The van der Waals surface area contributed by atoms with Crippen molar-refractivity contribution in [3.63, 3.8) is 0 Å². The fourth-order valence-corrected chi connectivity index (χ4v) is 2.91. The average molecular weight is 409 g/mol. The van der Waals surface area contributed by atoms with E-state index in [0.29, 0.717) is 12.3 Å². The maximum Gasteiger partial charge on any atom is 0.332 e. The zero-order chi connectivity index (χ0) is 20.6. The molecular formula is C19H24FN3O4S. The summed E-state index contributed by atoms with van der Waals surface area (Å²) in [5, 5.41) is 8.04. The first-order valence-electron chi connectivity index (χ1n) is 8.79. The number of nitrogens with zero attached hydrogens (tertiary/aromatic N) is 3. The van der Waals surface area contributed by atoms with Crippen LogP contribution in [0.15, 0.2) is 63.7 Å². The summed E-state index contributed by atoms with van der Waals surface area (Å²) in [6.45, 7) is 5.97. The standard InChI is InChI=1S/C19H24FN3O4S/c1-4-23(12-13-27-15(2)26-3)18-10-8-16(9-11-18)21-22-17-6-5-7-19(14-17)28(20,24)25/h5-11,14-15H,4,12-13H2,1-3H3. The fraction of sp³-hybridized carbons (Fsp3) is 0.368. The minimum absolute atomic E-state index is 0.243. The molecule has 2 aromatic rings. The van der Waals surface area contributed by atoms with Crippen LogP contribution >= 0.6 is 0 Å². The van der Waals surface area contributed by atoms with Gasteiger partial charge in [0.15, 0.2) is 6.29 Å². The lowest BCUT2D eigenvalue weighted by Gasteiger charge is -2.23. The molecule has 0 amide bonds. The molecule has 0 bridgehead atoms. The summed E-state index contributed by atoms with van der Waals surface area (Å²) in [4.78, 5) is 1.71. The number of rotatable bonds is 10. The highest BCUT2D eigenvalue weighted by Crippen LogP contribution is 2.24. The minimum atomic E-state index is -4.77. The topological polar surface area (TPSA) is 80.6 Å². The molecule has 0 N–H and O–H groups in total. The Balaban J connectivity index is 2.02. The van der Waals surface area contributed by atoms with Crippen LogP contribution in [0.1, 0.15) is 13.8 Å². The van der Waals surface area contributed by atoms with E-state index in [1.165, 1.54) is 12.1 Å². The molecule has 0 heterocycles. The van der Waals surface area contributed by atoms with Crippen molar-refractivity contribution in [2.75, 3.05) is 31.7 Å². The van der Waals surface area contributed by atoms with Gasteiger partial charge >= 0.3 is 10.2 Å². The zero-order valence-electron chi connectivity index (χ0n) is 16.1. The lowest BCUT2D eigenvalue weighted by Crippen LogP contribution is -2.28. The van der Waals surface area contributed by atoms with E-state index < -0.39 is 15.1 Å². The second-order valence-electron chi connectivity index (χ2n) is 5.91. The van der Waals surface area contributed by atoms with E-state index in [1.54, 1.807) is 25.3 Å². The van der Waals surface area contributed by atoms with Gasteiger partial charge in [0.1, 0.15) is 4.90 Å². The summed E-state index contributed by atoms with van der Waals surface area (Å²) in [6.07, 6.45) is -0.243. The molecular weight excluding hydrogens is 385 g/mol. The van der Waals surface area contributed by atoms with Gasteiger partial charge in [0, 0.05) is 25.9 Å². The molecule has 0 saturated carbocycles. The van der Waals surface area contributed by atoms with Gasteiger partial charge in [-0.15, -0.1) is 3.89 Å². The smallest absolute Gasteiger partial charge is 0.332 e. The molecule has 0 fully saturated rings. The Hall–Kier alpha value is -2.36. The predicted molar refractivity (Wildman–Crippen MR) is 106 cm³/mol. The first-order valence-corrected chi connectivity index (χ1v) is 10.2. The molecule has 7 nitrogen and oxygen atoms in total. The summed E-state index contributed by atoms with van der Waals surface area (Å²) in [5.41, 5.74) is 1.86. The molecule has 1 atom stereocenters. The van der Waals surface area contributed by atoms with Crippen LogP contribution in [0.4, 0.5) is 20.9 Å². The molecule has 9 heteroatoms. The minimum Gasteiger partial charge on any atom is -0.369 e. The highest BCUT2D eigenvalue weighted by molar-refractivity contribution is 7.86. The van der Waals surface area contributed by atoms with Crippen LogP contribution in [0.3, 0.4) is 0 Å². The van der Waals surface area contributed by atoms with E-state index in [9.17, 15) is 12.3 Å². The Morgan fingerprint density at radius 3 is 2.39 bits per heavy atom. The third kappa shape index (κ3) is 6.66. The molecule has 0 aliphatic heterocycles. The van der Waals surface area contributed by atoms with Gasteiger partial charge in [0.25, 0.3) is 0 Å². The largest absolute Gasteiger partial charge is 0.369 e. The SMILES string of the molecule is CCN(CCOC(C)OC)c1ccc(N=Nc2cccc(S(=O)(=O)F)c2)cc1. The molecule has 0 aliphatic rings. The lowest BCUT2D eigenvalue weighted by atomic mass is 10.2. The summed E-state index contributed by atoms with van der Waals surface area (Å²) >= 11 is 0. The molecule has 152 valence electrons. The van der Waals surface area contributed by atoms with E-state index >= 15 is 0 Å². The molecule has 2 rings (SSSR count). The molecule has 0 spiro atoms. The number of ether oxygens (including phenoxy) is 2. The molecule has 1 unspecified atom stereocenters. The third-order valence-electron chi connectivity index (χ3n) is 4.02. The molecule has 0 saturated heterocycles. The van der Waals surface area contributed by atoms with Crippen LogP contribution < -0.4 is 4.90 Å². The number of anilines is 1. The number of benzene rings is 2. The summed E-state index contributed by atoms with van der Waals surface area (Å²) in [7, 11) is -3.17. The number of hydrogen-bond donors (Lipinski definition) is 0. The van der Waals surface area contributed by atoms with Crippen molar-refractivity contribution in [1.82, 2.24) is 0 Å². The molecule has 28 heavy (non-hydrogen) atoms. The van der Waals surface area contributed by atoms with Gasteiger partial charge in [0.05, 0.1) is 18.0 Å². The summed E-state index contributed by atoms with van der Waals surface area (Å²) < 4.78 is 45.6. The number of likely N-dealkylation sites (N-methyl/N-ethyl adjacent to an activating group) is 1. The van der Waals surface area contributed by atoms with Gasteiger partial charge in [-0.3, -0.25) is 0 Å². The first kappa shape index (κ1) is 21.9. The highest BCUT2D eigenvalue weighted by atomic mass is 32.3.